The minimum atomic E-state index is -3.55. The van der Waals surface area contributed by atoms with Crippen molar-refractivity contribution in [2.75, 3.05) is 24.4 Å². The summed E-state index contributed by atoms with van der Waals surface area (Å²) in [6, 6.07) is 4.00. The van der Waals surface area contributed by atoms with E-state index in [0.29, 0.717) is 12.2 Å². The van der Waals surface area contributed by atoms with E-state index in [-0.39, 0.29) is 15.8 Å². The molecule has 6 nitrogen and oxygen atoms in total. The van der Waals surface area contributed by atoms with Gasteiger partial charge in [-0.3, -0.25) is 0 Å². The van der Waals surface area contributed by atoms with Crippen molar-refractivity contribution < 1.29 is 16.8 Å². The van der Waals surface area contributed by atoms with Crippen LogP contribution < -0.4 is 11.1 Å². The Bertz CT molecular complexity index is 697. The number of anilines is 1. The van der Waals surface area contributed by atoms with Crippen LogP contribution in [0.3, 0.4) is 0 Å². The molecule has 0 saturated heterocycles. The zero-order valence-electron chi connectivity index (χ0n) is 12.5. The molecule has 1 unspecified atom stereocenters. The van der Waals surface area contributed by atoms with Crippen LogP contribution >= 0.6 is 0 Å². The second-order valence-electron chi connectivity index (χ2n) is 5.07. The van der Waals surface area contributed by atoms with Crippen molar-refractivity contribution in [3.05, 3.63) is 18.2 Å². The third kappa shape index (κ3) is 4.98. The van der Waals surface area contributed by atoms with Crippen molar-refractivity contribution in [3.8, 4) is 0 Å². The highest BCUT2D eigenvalue weighted by molar-refractivity contribution is 7.91. The average Bonchev–Trinajstić information content (AvgIpc) is 2.36. The molecule has 0 aliphatic carbocycles. The molecule has 0 aliphatic heterocycles. The smallest absolute Gasteiger partial charge is 0.177 e. The molecule has 1 aromatic rings. The van der Waals surface area contributed by atoms with Crippen LogP contribution in [0.15, 0.2) is 28.0 Å². The Morgan fingerprint density at radius 3 is 2.19 bits per heavy atom. The third-order valence-electron chi connectivity index (χ3n) is 3.06. The Labute approximate surface area is 126 Å². The van der Waals surface area contributed by atoms with Crippen molar-refractivity contribution >= 4 is 25.4 Å². The van der Waals surface area contributed by atoms with Crippen molar-refractivity contribution in [2.45, 2.75) is 35.6 Å². The van der Waals surface area contributed by atoms with Gasteiger partial charge in [0.1, 0.15) is 0 Å². The van der Waals surface area contributed by atoms with Crippen LogP contribution in [0, 0.1) is 0 Å². The molecule has 0 spiro atoms. The molecule has 0 fully saturated rings. The lowest BCUT2D eigenvalue weighted by molar-refractivity contribution is 0.599. The van der Waals surface area contributed by atoms with Gasteiger partial charge in [-0.15, -0.1) is 0 Å². The Kier molecular flexibility index (Phi) is 5.77. The fraction of sp³-hybridized carbons (Fsp3) is 0.538. The Balaban J connectivity index is 3.33. The number of benzene rings is 1. The number of hydrogen-bond acceptors (Lipinski definition) is 6. The highest BCUT2D eigenvalue weighted by atomic mass is 32.2. The Morgan fingerprint density at radius 1 is 1.14 bits per heavy atom. The molecular formula is C13H22N2O4S2. The maximum Gasteiger partial charge on any atom is 0.177 e. The number of sulfone groups is 2. The van der Waals surface area contributed by atoms with Gasteiger partial charge < -0.3 is 11.1 Å². The molecule has 1 atom stereocenters. The van der Waals surface area contributed by atoms with Gasteiger partial charge in [0.15, 0.2) is 19.7 Å². The zero-order valence-corrected chi connectivity index (χ0v) is 14.1. The molecule has 0 radical (unpaired) electrons. The second kappa shape index (κ2) is 6.76. The predicted molar refractivity (Wildman–Crippen MR) is 84.0 cm³/mol. The van der Waals surface area contributed by atoms with E-state index in [1.807, 2.05) is 6.92 Å². The summed E-state index contributed by atoms with van der Waals surface area (Å²) in [5, 5.41) is 3.08. The van der Waals surface area contributed by atoms with Gasteiger partial charge in [-0.2, -0.15) is 0 Å². The van der Waals surface area contributed by atoms with E-state index in [2.05, 4.69) is 5.32 Å². The van der Waals surface area contributed by atoms with Gasteiger partial charge in [-0.1, -0.05) is 13.3 Å². The third-order valence-corrected chi connectivity index (χ3v) is 5.31. The first-order valence-corrected chi connectivity index (χ1v) is 10.4. The quantitative estimate of drug-likeness (QED) is 0.771. The molecule has 0 saturated carbocycles. The van der Waals surface area contributed by atoms with Gasteiger partial charge in [0.05, 0.1) is 15.5 Å². The summed E-state index contributed by atoms with van der Waals surface area (Å²) in [5.74, 6) is 0. The molecule has 0 aliphatic rings. The predicted octanol–water partition coefficient (Wildman–Crippen LogP) is 1.03. The van der Waals surface area contributed by atoms with Gasteiger partial charge in [0.2, 0.25) is 0 Å². The summed E-state index contributed by atoms with van der Waals surface area (Å²) in [7, 11) is -7.02. The molecule has 21 heavy (non-hydrogen) atoms. The molecule has 8 heteroatoms. The highest BCUT2D eigenvalue weighted by Gasteiger charge is 2.19. The number of hydrogen-bond donors (Lipinski definition) is 2. The topological polar surface area (TPSA) is 106 Å². The van der Waals surface area contributed by atoms with Gasteiger partial charge >= 0.3 is 0 Å². The first-order valence-electron chi connectivity index (χ1n) is 6.60. The van der Waals surface area contributed by atoms with E-state index in [1.54, 1.807) is 0 Å². The van der Waals surface area contributed by atoms with Gasteiger partial charge in [-0.05, 0) is 24.6 Å². The minimum Gasteiger partial charge on any atom is -0.380 e. The summed E-state index contributed by atoms with van der Waals surface area (Å²) < 4.78 is 46.9. The van der Waals surface area contributed by atoms with E-state index in [4.69, 9.17) is 5.73 Å². The number of rotatable bonds is 7. The van der Waals surface area contributed by atoms with E-state index in [9.17, 15) is 16.8 Å². The Hall–Kier alpha value is -1.12. The summed E-state index contributed by atoms with van der Waals surface area (Å²) in [6.45, 7) is 2.37. The van der Waals surface area contributed by atoms with Crippen molar-refractivity contribution in [3.63, 3.8) is 0 Å². The first-order chi connectivity index (χ1) is 9.59. The molecule has 0 bridgehead atoms. The minimum absolute atomic E-state index is 0.0201. The largest absolute Gasteiger partial charge is 0.380 e. The van der Waals surface area contributed by atoms with E-state index in [1.165, 1.54) is 18.2 Å². The van der Waals surface area contributed by atoms with Crippen LogP contribution in [0.5, 0.6) is 0 Å². The van der Waals surface area contributed by atoms with Crippen molar-refractivity contribution in [2.24, 2.45) is 5.73 Å². The fourth-order valence-corrected chi connectivity index (χ4v) is 3.57. The van der Waals surface area contributed by atoms with Crippen LogP contribution in [0.25, 0.3) is 0 Å². The molecule has 120 valence electrons. The molecule has 1 aromatic carbocycles. The summed E-state index contributed by atoms with van der Waals surface area (Å²) in [6.07, 6.45) is 3.80. The van der Waals surface area contributed by atoms with Gasteiger partial charge in [-0.25, -0.2) is 16.8 Å². The second-order valence-corrected chi connectivity index (χ2v) is 9.07. The zero-order chi connectivity index (χ0) is 16.3. The lowest BCUT2D eigenvalue weighted by atomic mass is 10.1. The van der Waals surface area contributed by atoms with E-state index < -0.39 is 19.7 Å². The van der Waals surface area contributed by atoms with Gasteiger partial charge in [0.25, 0.3) is 0 Å². The highest BCUT2D eigenvalue weighted by Crippen LogP contribution is 2.26. The van der Waals surface area contributed by atoms with Crippen LogP contribution in [0.1, 0.15) is 19.8 Å². The monoisotopic (exact) mass is 334 g/mol. The summed E-state index contributed by atoms with van der Waals surface area (Å²) >= 11 is 0. The molecule has 0 aromatic heterocycles. The molecule has 0 heterocycles. The molecule has 0 amide bonds. The lowest BCUT2D eigenvalue weighted by Gasteiger charge is -2.19. The number of nitrogens with one attached hydrogen (secondary N) is 1. The van der Waals surface area contributed by atoms with Crippen molar-refractivity contribution in [1.29, 1.82) is 0 Å². The summed E-state index contributed by atoms with van der Waals surface area (Å²) in [5.41, 5.74) is 6.04. The van der Waals surface area contributed by atoms with E-state index >= 15 is 0 Å². The van der Waals surface area contributed by atoms with Crippen LogP contribution in [-0.4, -0.2) is 41.9 Å². The van der Waals surface area contributed by atoms with E-state index in [0.717, 1.165) is 25.4 Å². The average molecular weight is 334 g/mol. The summed E-state index contributed by atoms with van der Waals surface area (Å²) in [4.78, 5) is -0.0479. The molecule has 1 rings (SSSR count). The van der Waals surface area contributed by atoms with Crippen LogP contribution in [-0.2, 0) is 19.7 Å². The SMILES string of the molecule is CCCC(CN)Nc1ccc(S(C)(=O)=O)cc1S(C)(=O)=O. The van der Waals surface area contributed by atoms with Crippen LogP contribution in [0.4, 0.5) is 5.69 Å². The first kappa shape index (κ1) is 17.9. The molecular weight excluding hydrogens is 312 g/mol. The number of nitrogens with two attached hydrogens (primary N) is 1. The fourth-order valence-electron chi connectivity index (χ4n) is 1.98. The standard InChI is InChI=1S/C13H22N2O4S2/c1-4-5-10(9-14)15-12-7-6-11(20(2,16)17)8-13(12)21(3,18)19/h6-8,10,15H,4-5,9,14H2,1-3H3. The van der Waals surface area contributed by atoms with Crippen LogP contribution in [0.2, 0.25) is 0 Å². The maximum atomic E-state index is 11.9. The normalized spacial score (nSPS) is 13.9. The van der Waals surface area contributed by atoms with Crippen molar-refractivity contribution in [1.82, 2.24) is 0 Å². The maximum absolute atomic E-state index is 11.9. The lowest BCUT2D eigenvalue weighted by Crippen LogP contribution is -2.29. The Morgan fingerprint density at radius 2 is 1.76 bits per heavy atom. The van der Waals surface area contributed by atoms with Gasteiger partial charge in [0, 0.05) is 25.1 Å². The molecule has 3 N–H and O–H groups in total.